The van der Waals surface area contributed by atoms with E-state index in [9.17, 15) is 4.79 Å². The van der Waals surface area contributed by atoms with E-state index in [1.807, 2.05) is 37.3 Å². The van der Waals surface area contributed by atoms with Crippen LogP contribution in [0.15, 0.2) is 86.8 Å². The summed E-state index contributed by atoms with van der Waals surface area (Å²) in [4.78, 5) is 12.5. The highest BCUT2D eigenvalue weighted by molar-refractivity contribution is 9.10. The first-order valence-electron chi connectivity index (χ1n) is 10.2. The Bertz CT molecular complexity index is 1510. The molecule has 0 spiro atoms. The number of nitrogens with one attached hydrogen (secondary N) is 1. The molecule has 0 unspecified atom stereocenters. The maximum absolute atomic E-state index is 12.5. The van der Waals surface area contributed by atoms with Crippen molar-refractivity contribution in [2.45, 2.75) is 13.8 Å². The second-order valence-electron chi connectivity index (χ2n) is 7.69. The molecule has 32 heavy (non-hydrogen) atoms. The van der Waals surface area contributed by atoms with Crippen LogP contribution in [0.25, 0.3) is 27.4 Å². The van der Waals surface area contributed by atoms with Gasteiger partial charge in [0.2, 0.25) is 0 Å². The van der Waals surface area contributed by atoms with Gasteiger partial charge >= 0.3 is 5.91 Å². The van der Waals surface area contributed by atoms with E-state index in [-0.39, 0.29) is 5.76 Å². The van der Waals surface area contributed by atoms with Crippen molar-refractivity contribution in [1.82, 2.24) is 9.99 Å². The first-order chi connectivity index (χ1) is 15.5. The van der Waals surface area contributed by atoms with Crippen LogP contribution in [0, 0.1) is 13.8 Å². The third kappa shape index (κ3) is 3.74. The van der Waals surface area contributed by atoms with Gasteiger partial charge in [-0.2, -0.15) is 5.10 Å². The largest absolute Gasteiger partial charge is 0.451 e. The van der Waals surface area contributed by atoms with Gasteiger partial charge in [-0.1, -0.05) is 46.3 Å². The molecule has 5 aromatic rings. The lowest BCUT2D eigenvalue weighted by atomic mass is 10.1. The number of aromatic nitrogens is 1. The number of aryl methyl sites for hydroxylation is 1. The molecule has 0 aliphatic heterocycles. The number of amides is 1. The molecular weight excluding hydrogens is 466 g/mol. The van der Waals surface area contributed by atoms with Crippen molar-refractivity contribution in [3.63, 3.8) is 0 Å². The van der Waals surface area contributed by atoms with Gasteiger partial charge in [0.25, 0.3) is 0 Å². The summed E-state index contributed by atoms with van der Waals surface area (Å²) in [5.74, 6) is -0.172. The molecule has 1 amide bonds. The molecule has 0 fully saturated rings. The molecule has 1 N–H and O–H groups in total. The smallest absolute Gasteiger partial charge is 0.307 e. The topological polar surface area (TPSA) is 59.5 Å². The zero-order chi connectivity index (χ0) is 22.2. The third-order valence-electron chi connectivity index (χ3n) is 5.53. The molecule has 0 atom stereocenters. The summed E-state index contributed by atoms with van der Waals surface area (Å²) in [7, 11) is 0. The number of fused-ring (bicyclic) bond motifs is 2. The molecule has 0 aliphatic carbocycles. The number of benzene rings is 3. The molecule has 2 heterocycles. The number of carbonyl (C=O) groups is 1. The number of hydrogen-bond donors (Lipinski definition) is 1. The highest BCUT2D eigenvalue weighted by atomic mass is 79.9. The molecule has 0 radical (unpaired) electrons. The van der Waals surface area contributed by atoms with Gasteiger partial charge in [0, 0.05) is 32.5 Å². The number of rotatable bonds is 4. The summed E-state index contributed by atoms with van der Waals surface area (Å²) in [5.41, 5.74) is 7.38. The fourth-order valence-corrected chi connectivity index (χ4v) is 4.35. The number of hydrogen-bond acceptors (Lipinski definition) is 3. The SMILES string of the molecule is Cc1cc(/C=N/NC(=O)c2cc3cc(Br)ccc3o2)c(C)n1-c1ccc2ccccc2c1. The van der Waals surface area contributed by atoms with Crippen molar-refractivity contribution in [1.29, 1.82) is 0 Å². The van der Waals surface area contributed by atoms with Crippen molar-refractivity contribution >= 4 is 49.8 Å². The lowest BCUT2D eigenvalue weighted by Gasteiger charge is -2.11. The zero-order valence-corrected chi connectivity index (χ0v) is 19.2. The van der Waals surface area contributed by atoms with Crippen LogP contribution < -0.4 is 5.43 Å². The Balaban J connectivity index is 1.37. The van der Waals surface area contributed by atoms with Crippen LogP contribution in [-0.4, -0.2) is 16.7 Å². The minimum absolute atomic E-state index is 0.219. The molecule has 6 heteroatoms. The van der Waals surface area contributed by atoms with Crippen molar-refractivity contribution < 1.29 is 9.21 Å². The molecule has 158 valence electrons. The summed E-state index contributed by atoms with van der Waals surface area (Å²) in [6.45, 7) is 4.10. The van der Waals surface area contributed by atoms with Gasteiger partial charge in [0.1, 0.15) is 5.58 Å². The van der Waals surface area contributed by atoms with Crippen LogP contribution in [0.3, 0.4) is 0 Å². The molecule has 2 aromatic heterocycles. The minimum atomic E-state index is -0.392. The Morgan fingerprint density at radius 3 is 2.62 bits per heavy atom. The van der Waals surface area contributed by atoms with Crippen LogP contribution in [0.4, 0.5) is 0 Å². The summed E-state index contributed by atoms with van der Waals surface area (Å²) >= 11 is 3.42. The molecule has 0 aliphatic rings. The molecule has 5 nitrogen and oxygen atoms in total. The highest BCUT2D eigenvalue weighted by Crippen LogP contribution is 2.25. The van der Waals surface area contributed by atoms with Crippen molar-refractivity contribution in [2.75, 3.05) is 0 Å². The van der Waals surface area contributed by atoms with Crippen LogP contribution in [0.1, 0.15) is 27.5 Å². The summed E-state index contributed by atoms with van der Waals surface area (Å²) < 4.78 is 8.73. The van der Waals surface area contributed by atoms with E-state index in [1.165, 1.54) is 10.8 Å². The number of hydrazone groups is 1. The predicted octanol–water partition coefficient (Wildman–Crippen LogP) is 6.52. The quantitative estimate of drug-likeness (QED) is 0.232. The van der Waals surface area contributed by atoms with E-state index in [0.29, 0.717) is 5.58 Å². The van der Waals surface area contributed by atoms with Gasteiger partial charge < -0.3 is 8.98 Å². The van der Waals surface area contributed by atoms with Crippen molar-refractivity contribution in [3.8, 4) is 5.69 Å². The van der Waals surface area contributed by atoms with Gasteiger partial charge in [0.05, 0.1) is 6.21 Å². The maximum Gasteiger partial charge on any atom is 0.307 e. The van der Waals surface area contributed by atoms with Crippen LogP contribution in [0.2, 0.25) is 0 Å². The van der Waals surface area contributed by atoms with E-state index < -0.39 is 5.91 Å². The molecule has 3 aromatic carbocycles. The van der Waals surface area contributed by atoms with E-state index in [1.54, 1.807) is 12.3 Å². The Hall–Kier alpha value is -3.64. The Labute approximate surface area is 193 Å². The molecule has 0 saturated carbocycles. The Morgan fingerprint density at radius 2 is 1.78 bits per heavy atom. The van der Waals surface area contributed by atoms with Gasteiger partial charge in [-0.15, -0.1) is 0 Å². The molecule has 0 bridgehead atoms. The van der Waals surface area contributed by atoms with Crippen molar-refractivity contribution in [3.05, 3.63) is 100.0 Å². The second kappa shape index (κ2) is 8.13. The van der Waals surface area contributed by atoms with E-state index in [2.05, 4.69) is 74.3 Å². The van der Waals surface area contributed by atoms with Gasteiger partial charge in [0.15, 0.2) is 5.76 Å². The number of carbonyl (C=O) groups excluding carboxylic acids is 1. The second-order valence-corrected chi connectivity index (χ2v) is 8.60. The van der Waals surface area contributed by atoms with Gasteiger partial charge in [-0.3, -0.25) is 4.79 Å². The van der Waals surface area contributed by atoms with Gasteiger partial charge in [-0.25, -0.2) is 5.43 Å². The van der Waals surface area contributed by atoms with Crippen molar-refractivity contribution in [2.24, 2.45) is 5.10 Å². The van der Waals surface area contributed by atoms with Crippen LogP contribution in [-0.2, 0) is 0 Å². The van der Waals surface area contributed by atoms with E-state index in [0.717, 1.165) is 32.5 Å². The highest BCUT2D eigenvalue weighted by Gasteiger charge is 2.13. The third-order valence-corrected chi connectivity index (χ3v) is 6.03. The monoisotopic (exact) mass is 485 g/mol. The lowest BCUT2D eigenvalue weighted by molar-refractivity contribution is 0.0929. The standard InChI is InChI=1S/C26H20BrN3O2/c1-16-11-21(17(2)30(16)23-9-7-18-5-3-4-6-19(18)13-23)15-28-29-26(31)25-14-20-12-22(27)8-10-24(20)32-25/h3-15H,1-2H3,(H,29,31)/b28-15+. The first-order valence-corrected chi connectivity index (χ1v) is 11.0. The fourth-order valence-electron chi connectivity index (χ4n) is 3.97. The van der Waals surface area contributed by atoms with E-state index >= 15 is 0 Å². The van der Waals surface area contributed by atoms with Crippen LogP contribution in [0.5, 0.6) is 0 Å². The summed E-state index contributed by atoms with van der Waals surface area (Å²) in [5, 5.41) is 7.41. The summed E-state index contributed by atoms with van der Waals surface area (Å²) in [6.07, 6.45) is 1.66. The van der Waals surface area contributed by atoms with Crippen LogP contribution >= 0.6 is 15.9 Å². The predicted molar refractivity (Wildman–Crippen MR) is 132 cm³/mol. The molecule has 5 rings (SSSR count). The average molecular weight is 486 g/mol. The first kappa shape index (κ1) is 20.3. The van der Waals surface area contributed by atoms with Gasteiger partial charge in [-0.05, 0) is 67.1 Å². The maximum atomic E-state index is 12.5. The molecular formula is C26H20BrN3O2. The number of nitrogens with zero attached hydrogens (tertiary/aromatic N) is 2. The lowest BCUT2D eigenvalue weighted by Crippen LogP contribution is -2.16. The minimum Gasteiger partial charge on any atom is -0.451 e. The Morgan fingerprint density at radius 1 is 0.969 bits per heavy atom. The van der Waals surface area contributed by atoms with E-state index in [4.69, 9.17) is 4.42 Å². The zero-order valence-electron chi connectivity index (χ0n) is 17.6. The molecule has 0 saturated heterocycles. The average Bonchev–Trinajstić information content (AvgIpc) is 3.33. The Kier molecular flexibility index (Phi) is 5.15. The number of furan rings is 1. The summed E-state index contributed by atoms with van der Waals surface area (Å²) in [6, 6.07) is 24.1. The normalized spacial score (nSPS) is 11.6. The fraction of sp³-hybridized carbons (Fsp3) is 0.0769. The number of halogens is 1.